The fourth-order valence-corrected chi connectivity index (χ4v) is 5.18. The molecule has 1 N–H and O–H groups in total. The number of nitro benzene ring substituents is 1. The Morgan fingerprint density at radius 2 is 1.62 bits per heavy atom. The van der Waals surface area contributed by atoms with Crippen LogP contribution in [0.15, 0.2) is 72.8 Å². The Morgan fingerprint density at radius 3 is 2.29 bits per heavy atom. The molecular weight excluding hydrogens is 585 g/mol. The van der Waals surface area contributed by atoms with Gasteiger partial charge in [0.1, 0.15) is 29.5 Å². The van der Waals surface area contributed by atoms with Crippen molar-refractivity contribution in [1.29, 1.82) is 0 Å². The van der Waals surface area contributed by atoms with Crippen LogP contribution in [-0.2, 0) is 11.4 Å². The van der Waals surface area contributed by atoms with E-state index in [1.54, 1.807) is 44.0 Å². The lowest BCUT2D eigenvalue weighted by molar-refractivity contribution is -0.385. The number of nitrogens with one attached hydrogen (secondary N) is 1. The lowest BCUT2D eigenvalue weighted by Crippen LogP contribution is -2.52. The average Bonchev–Trinajstić information content (AvgIpc) is 3.02. The van der Waals surface area contributed by atoms with E-state index in [0.29, 0.717) is 39.6 Å². The van der Waals surface area contributed by atoms with Crippen molar-refractivity contribution in [3.05, 3.63) is 99.9 Å². The zero-order valence-corrected chi connectivity index (χ0v) is 25.2. The van der Waals surface area contributed by atoms with Crippen LogP contribution in [0.3, 0.4) is 0 Å². The van der Waals surface area contributed by atoms with Crippen LogP contribution in [-0.4, -0.2) is 43.6 Å². The van der Waals surface area contributed by atoms with Crippen molar-refractivity contribution < 1.29 is 37.9 Å². The number of anilines is 2. The van der Waals surface area contributed by atoms with Crippen LogP contribution in [0.4, 0.5) is 21.5 Å². The maximum Gasteiger partial charge on any atom is 0.343 e. The summed E-state index contributed by atoms with van der Waals surface area (Å²) in [6.07, 6.45) is 0. The van der Waals surface area contributed by atoms with E-state index in [2.05, 4.69) is 5.32 Å². The van der Waals surface area contributed by atoms with Crippen molar-refractivity contribution >= 4 is 28.9 Å². The molecule has 0 saturated heterocycles. The molecule has 0 saturated carbocycles. The van der Waals surface area contributed by atoms with Gasteiger partial charge < -0.3 is 29.2 Å². The molecule has 0 bridgehead atoms. The third-order valence-electron chi connectivity index (χ3n) is 7.39. The Labute approximate surface area is 258 Å². The fourth-order valence-electron chi connectivity index (χ4n) is 5.18. The standard InChI is InChI=1S/C33H30FN3O8/c1-33(2)32(39)36(3)30-25(18-44-29-16-21(37(40)41)10-15-27(29)42-4)23(13-14-26(30)35-33)24-12-11-22(17-28(24)43-5)45-31(38)19-6-8-20(34)9-7-19/h6-17,35H,18H2,1-5H3. The number of rotatable bonds is 9. The number of non-ortho nitro benzene ring substituents is 1. The number of nitro groups is 1. The van der Waals surface area contributed by atoms with Gasteiger partial charge in [-0.25, -0.2) is 9.18 Å². The van der Waals surface area contributed by atoms with Crippen molar-refractivity contribution in [2.75, 3.05) is 31.5 Å². The minimum atomic E-state index is -0.877. The average molecular weight is 616 g/mol. The second kappa shape index (κ2) is 12.2. The Kier molecular flexibility index (Phi) is 8.32. The quantitative estimate of drug-likeness (QED) is 0.0986. The number of methoxy groups -OCH3 is 2. The van der Waals surface area contributed by atoms with Gasteiger partial charge in [-0.15, -0.1) is 0 Å². The number of carbonyl (C=O) groups is 2. The first-order valence-electron chi connectivity index (χ1n) is 13.8. The SMILES string of the molecule is COc1ccc([N+](=O)[O-])cc1OCc1c(-c2ccc(OC(=O)c3ccc(F)cc3)cc2OC)ccc2c1N(C)C(=O)C(C)(C)N2. The van der Waals surface area contributed by atoms with Crippen LogP contribution >= 0.6 is 0 Å². The first-order valence-corrected chi connectivity index (χ1v) is 13.8. The van der Waals surface area contributed by atoms with Crippen molar-refractivity contribution in [3.63, 3.8) is 0 Å². The van der Waals surface area contributed by atoms with Crippen LogP contribution in [0.2, 0.25) is 0 Å². The lowest BCUT2D eigenvalue weighted by atomic mass is 9.91. The van der Waals surface area contributed by atoms with Gasteiger partial charge in [0, 0.05) is 30.3 Å². The summed E-state index contributed by atoms with van der Waals surface area (Å²) in [5, 5.41) is 14.7. The lowest BCUT2D eigenvalue weighted by Gasteiger charge is -2.39. The van der Waals surface area contributed by atoms with Crippen LogP contribution in [0.1, 0.15) is 29.8 Å². The molecule has 4 aromatic carbocycles. The second-order valence-electron chi connectivity index (χ2n) is 10.7. The zero-order valence-electron chi connectivity index (χ0n) is 25.2. The summed E-state index contributed by atoms with van der Waals surface area (Å²) in [6.45, 7) is 3.45. The van der Waals surface area contributed by atoms with Gasteiger partial charge in [-0.3, -0.25) is 14.9 Å². The number of amides is 1. The van der Waals surface area contributed by atoms with Crippen molar-refractivity contribution in [2.45, 2.75) is 26.0 Å². The summed E-state index contributed by atoms with van der Waals surface area (Å²) in [5.74, 6) is -0.352. The van der Waals surface area contributed by atoms with E-state index in [-0.39, 0.29) is 35.3 Å². The minimum Gasteiger partial charge on any atom is -0.496 e. The maximum absolute atomic E-state index is 13.3. The number of esters is 1. The highest BCUT2D eigenvalue weighted by molar-refractivity contribution is 6.08. The third-order valence-corrected chi connectivity index (χ3v) is 7.39. The smallest absolute Gasteiger partial charge is 0.343 e. The number of nitrogens with zero attached hydrogens (tertiary/aromatic N) is 2. The van der Waals surface area contributed by atoms with Crippen molar-refractivity contribution in [3.8, 4) is 34.1 Å². The van der Waals surface area contributed by atoms with E-state index in [4.69, 9.17) is 18.9 Å². The number of ether oxygens (including phenoxy) is 4. The molecule has 5 rings (SSSR count). The molecule has 0 spiro atoms. The van der Waals surface area contributed by atoms with E-state index in [1.807, 2.05) is 12.1 Å². The molecule has 0 radical (unpaired) electrons. The monoisotopic (exact) mass is 615 g/mol. The van der Waals surface area contributed by atoms with Gasteiger partial charge >= 0.3 is 5.97 Å². The third kappa shape index (κ3) is 6.07. The fraction of sp³-hybridized carbons (Fsp3) is 0.212. The predicted molar refractivity (Wildman–Crippen MR) is 165 cm³/mol. The number of fused-ring (bicyclic) bond motifs is 1. The maximum atomic E-state index is 13.3. The molecule has 0 aromatic heterocycles. The Hall–Kier alpha value is -5.65. The number of halogens is 1. The Balaban J connectivity index is 1.58. The molecule has 1 amide bonds. The van der Waals surface area contributed by atoms with Crippen molar-refractivity contribution in [2.24, 2.45) is 0 Å². The summed E-state index contributed by atoms with van der Waals surface area (Å²) >= 11 is 0. The molecule has 0 fully saturated rings. The highest BCUT2D eigenvalue weighted by atomic mass is 19.1. The Bertz CT molecular complexity index is 1810. The number of benzene rings is 4. The summed E-state index contributed by atoms with van der Waals surface area (Å²) in [7, 11) is 4.56. The molecule has 1 aliphatic rings. The van der Waals surface area contributed by atoms with E-state index in [9.17, 15) is 24.1 Å². The highest BCUT2D eigenvalue weighted by Crippen LogP contribution is 2.45. The molecule has 45 heavy (non-hydrogen) atoms. The number of carbonyl (C=O) groups excluding carboxylic acids is 2. The molecule has 12 heteroatoms. The van der Waals surface area contributed by atoms with Gasteiger partial charge in [0.05, 0.1) is 42.1 Å². The topological polar surface area (TPSA) is 129 Å². The minimum absolute atomic E-state index is 0.111. The van der Waals surface area contributed by atoms with Gasteiger partial charge in [-0.1, -0.05) is 6.07 Å². The molecule has 0 atom stereocenters. The summed E-state index contributed by atoms with van der Waals surface area (Å²) < 4.78 is 36.0. The summed E-state index contributed by atoms with van der Waals surface area (Å²) in [5.41, 5.74) is 2.16. The predicted octanol–water partition coefficient (Wildman–Crippen LogP) is 6.38. The molecule has 4 aromatic rings. The largest absolute Gasteiger partial charge is 0.496 e. The summed E-state index contributed by atoms with van der Waals surface area (Å²) in [6, 6.07) is 17.5. The van der Waals surface area contributed by atoms with Gasteiger partial charge in [0.15, 0.2) is 11.5 Å². The number of hydrogen-bond acceptors (Lipinski definition) is 9. The molecule has 1 heterocycles. The second-order valence-corrected chi connectivity index (χ2v) is 10.7. The van der Waals surface area contributed by atoms with E-state index in [0.717, 1.165) is 0 Å². The van der Waals surface area contributed by atoms with Crippen LogP contribution in [0, 0.1) is 15.9 Å². The van der Waals surface area contributed by atoms with E-state index in [1.165, 1.54) is 56.7 Å². The zero-order chi connectivity index (χ0) is 32.5. The van der Waals surface area contributed by atoms with Crippen LogP contribution in [0.25, 0.3) is 11.1 Å². The van der Waals surface area contributed by atoms with Gasteiger partial charge in [0.25, 0.3) is 11.6 Å². The van der Waals surface area contributed by atoms with Crippen LogP contribution in [0.5, 0.6) is 23.0 Å². The number of likely N-dealkylation sites (N-methyl/N-ethyl adjacent to an activating group) is 1. The molecule has 0 aliphatic carbocycles. The molecule has 232 valence electrons. The van der Waals surface area contributed by atoms with E-state index >= 15 is 0 Å². The first-order chi connectivity index (χ1) is 21.4. The van der Waals surface area contributed by atoms with Crippen molar-refractivity contribution in [1.82, 2.24) is 0 Å². The summed E-state index contributed by atoms with van der Waals surface area (Å²) in [4.78, 5) is 38.5. The molecular formula is C33H30FN3O8. The van der Waals surface area contributed by atoms with Gasteiger partial charge in [0.2, 0.25) is 0 Å². The number of hydrogen-bond donors (Lipinski definition) is 1. The first kappa shape index (κ1) is 30.8. The highest BCUT2D eigenvalue weighted by Gasteiger charge is 2.39. The molecule has 1 aliphatic heterocycles. The van der Waals surface area contributed by atoms with Gasteiger partial charge in [-0.05, 0) is 67.9 Å². The Morgan fingerprint density at radius 1 is 0.933 bits per heavy atom. The normalized spacial score (nSPS) is 13.4. The van der Waals surface area contributed by atoms with Crippen LogP contribution < -0.4 is 29.2 Å². The molecule has 11 nitrogen and oxygen atoms in total. The molecule has 0 unspecified atom stereocenters. The van der Waals surface area contributed by atoms with E-state index < -0.39 is 22.2 Å². The van der Waals surface area contributed by atoms with Gasteiger partial charge in [-0.2, -0.15) is 0 Å².